The van der Waals surface area contributed by atoms with Crippen LogP contribution in [0.5, 0.6) is 5.75 Å². The van der Waals surface area contributed by atoms with Crippen molar-refractivity contribution in [3.63, 3.8) is 0 Å². The Kier molecular flexibility index (Phi) is 3.69. The van der Waals surface area contributed by atoms with Gasteiger partial charge in [0.15, 0.2) is 5.65 Å². The van der Waals surface area contributed by atoms with Gasteiger partial charge in [-0.25, -0.2) is 15.0 Å². The lowest BCUT2D eigenvalue weighted by molar-refractivity contribution is 0.309. The number of aryl methyl sites for hydroxylation is 1. The van der Waals surface area contributed by atoms with Gasteiger partial charge in [0.2, 0.25) is 0 Å². The summed E-state index contributed by atoms with van der Waals surface area (Å²) in [6.07, 6.45) is 8.91. The molecule has 0 bridgehead atoms. The van der Waals surface area contributed by atoms with Crippen molar-refractivity contribution in [2.75, 3.05) is 6.61 Å². The van der Waals surface area contributed by atoms with Crippen LogP contribution >= 0.6 is 0 Å². The number of nitrogens with zero attached hydrogens (tertiary/aromatic N) is 3. The normalized spacial score (nSPS) is 13.4. The van der Waals surface area contributed by atoms with Gasteiger partial charge in [-0.3, -0.25) is 0 Å². The van der Waals surface area contributed by atoms with Crippen molar-refractivity contribution in [3.05, 3.63) is 35.8 Å². The van der Waals surface area contributed by atoms with Gasteiger partial charge in [-0.2, -0.15) is 0 Å². The van der Waals surface area contributed by atoms with Gasteiger partial charge >= 0.3 is 0 Å². The highest BCUT2D eigenvalue weighted by Crippen LogP contribution is 2.35. The molecule has 0 unspecified atom stereocenters. The monoisotopic (exact) mass is 308 g/mol. The van der Waals surface area contributed by atoms with Crippen LogP contribution < -0.4 is 4.74 Å². The van der Waals surface area contributed by atoms with E-state index in [9.17, 15) is 0 Å². The molecule has 4 rings (SSSR count). The van der Waals surface area contributed by atoms with Gasteiger partial charge in [0.25, 0.3) is 0 Å². The van der Waals surface area contributed by atoms with Crippen molar-refractivity contribution in [1.29, 1.82) is 0 Å². The Bertz CT molecular complexity index is 807. The standard InChI is InChI=1S/C18H20N4O/c1-2-3-7-23-13-8-12-5-4-6-14(12)15(9-13)17-21-16-10-19-11-20-18(16)22-17/h8-11H,2-7H2,1H3,(H,19,20,21,22). The summed E-state index contributed by atoms with van der Waals surface area (Å²) in [5.74, 6) is 1.81. The van der Waals surface area contributed by atoms with E-state index in [0.29, 0.717) is 0 Å². The van der Waals surface area contributed by atoms with Crippen LogP contribution in [0.15, 0.2) is 24.7 Å². The predicted molar refractivity (Wildman–Crippen MR) is 89.5 cm³/mol. The molecule has 2 aromatic heterocycles. The van der Waals surface area contributed by atoms with E-state index in [1.54, 1.807) is 12.5 Å². The van der Waals surface area contributed by atoms with Crippen LogP contribution in [0.4, 0.5) is 0 Å². The molecule has 1 N–H and O–H groups in total. The maximum atomic E-state index is 5.94. The first-order valence-corrected chi connectivity index (χ1v) is 8.30. The lowest BCUT2D eigenvalue weighted by Crippen LogP contribution is -1.99. The van der Waals surface area contributed by atoms with Gasteiger partial charge in [-0.05, 0) is 48.9 Å². The molecule has 0 spiro atoms. The first kappa shape index (κ1) is 14.2. The average Bonchev–Trinajstić information content (AvgIpc) is 3.20. The van der Waals surface area contributed by atoms with Crippen LogP contribution in [0.25, 0.3) is 22.6 Å². The molecule has 2 heterocycles. The number of aromatic amines is 1. The second-order valence-electron chi connectivity index (χ2n) is 6.01. The summed E-state index contributed by atoms with van der Waals surface area (Å²) >= 11 is 0. The lowest BCUT2D eigenvalue weighted by atomic mass is 10.0. The number of benzene rings is 1. The van der Waals surface area contributed by atoms with Crippen molar-refractivity contribution >= 4 is 11.2 Å². The minimum absolute atomic E-state index is 0.764. The third kappa shape index (κ3) is 2.67. The number of hydrogen-bond acceptors (Lipinski definition) is 4. The lowest BCUT2D eigenvalue weighted by Gasteiger charge is -2.11. The van der Waals surface area contributed by atoms with Crippen molar-refractivity contribution in [1.82, 2.24) is 19.9 Å². The average molecular weight is 308 g/mol. The molecule has 0 radical (unpaired) electrons. The molecule has 0 aliphatic heterocycles. The highest BCUT2D eigenvalue weighted by atomic mass is 16.5. The molecule has 0 atom stereocenters. The van der Waals surface area contributed by atoms with Gasteiger partial charge < -0.3 is 9.72 Å². The molecular weight excluding hydrogens is 288 g/mol. The number of fused-ring (bicyclic) bond motifs is 2. The van der Waals surface area contributed by atoms with Gasteiger partial charge in [0, 0.05) is 5.56 Å². The fourth-order valence-corrected chi connectivity index (χ4v) is 3.19. The van der Waals surface area contributed by atoms with E-state index in [4.69, 9.17) is 4.74 Å². The summed E-state index contributed by atoms with van der Waals surface area (Å²) in [6, 6.07) is 4.31. The van der Waals surface area contributed by atoms with Crippen LogP contribution in [0, 0.1) is 0 Å². The summed E-state index contributed by atoms with van der Waals surface area (Å²) in [5.41, 5.74) is 5.50. The zero-order valence-electron chi connectivity index (χ0n) is 13.3. The summed E-state index contributed by atoms with van der Waals surface area (Å²) in [7, 11) is 0. The highest BCUT2D eigenvalue weighted by Gasteiger charge is 2.20. The van der Waals surface area contributed by atoms with Crippen LogP contribution in [-0.4, -0.2) is 26.5 Å². The number of nitrogens with one attached hydrogen (secondary N) is 1. The Morgan fingerprint density at radius 3 is 3.09 bits per heavy atom. The maximum Gasteiger partial charge on any atom is 0.161 e. The fourth-order valence-electron chi connectivity index (χ4n) is 3.19. The summed E-state index contributed by atoms with van der Waals surface area (Å²) in [4.78, 5) is 16.3. The van der Waals surface area contributed by atoms with E-state index < -0.39 is 0 Å². The number of aromatic nitrogens is 4. The zero-order chi connectivity index (χ0) is 15.6. The minimum Gasteiger partial charge on any atom is -0.494 e. The van der Waals surface area contributed by atoms with E-state index in [1.165, 1.54) is 17.5 Å². The third-order valence-electron chi connectivity index (χ3n) is 4.37. The molecule has 0 amide bonds. The van der Waals surface area contributed by atoms with Crippen molar-refractivity contribution < 1.29 is 4.74 Å². The number of imidazole rings is 1. The number of ether oxygens (including phenoxy) is 1. The molecule has 5 heteroatoms. The molecule has 23 heavy (non-hydrogen) atoms. The molecule has 1 aliphatic carbocycles. The van der Waals surface area contributed by atoms with Gasteiger partial charge in [0.05, 0.1) is 12.8 Å². The third-order valence-corrected chi connectivity index (χ3v) is 4.37. The molecule has 1 aliphatic rings. The Morgan fingerprint density at radius 2 is 2.22 bits per heavy atom. The van der Waals surface area contributed by atoms with Gasteiger partial charge in [-0.15, -0.1) is 0 Å². The van der Waals surface area contributed by atoms with Crippen LogP contribution in [0.2, 0.25) is 0 Å². The smallest absolute Gasteiger partial charge is 0.161 e. The minimum atomic E-state index is 0.764. The van der Waals surface area contributed by atoms with Crippen LogP contribution in [-0.2, 0) is 12.8 Å². The number of unbranched alkanes of at least 4 members (excludes halogenated alkanes) is 1. The molecule has 0 fully saturated rings. The molecule has 118 valence electrons. The SMILES string of the molecule is CCCCOc1cc2c(c(-c3nc4cncnc4[nH]3)c1)CCC2. The fraction of sp³-hybridized carbons (Fsp3) is 0.389. The molecule has 0 saturated heterocycles. The predicted octanol–water partition coefficient (Wildman–Crippen LogP) is 3.69. The Hall–Kier alpha value is -2.43. The first-order chi connectivity index (χ1) is 11.3. The quantitative estimate of drug-likeness (QED) is 0.730. The maximum absolute atomic E-state index is 5.94. The van der Waals surface area contributed by atoms with Crippen LogP contribution in [0.1, 0.15) is 37.3 Å². The van der Waals surface area contributed by atoms with Crippen LogP contribution in [0.3, 0.4) is 0 Å². The van der Waals surface area contributed by atoms with E-state index in [-0.39, 0.29) is 0 Å². The van der Waals surface area contributed by atoms with E-state index in [2.05, 4.69) is 39.0 Å². The largest absolute Gasteiger partial charge is 0.494 e. The molecule has 1 aromatic carbocycles. The summed E-state index contributed by atoms with van der Waals surface area (Å²) < 4.78 is 5.94. The molecule has 0 saturated carbocycles. The van der Waals surface area contributed by atoms with Gasteiger partial charge in [0.1, 0.15) is 23.4 Å². The second-order valence-corrected chi connectivity index (χ2v) is 6.01. The van der Waals surface area contributed by atoms with Crippen molar-refractivity contribution in [2.24, 2.45) is 0 Å². The topological polar surface area (TPSA) is 63.7 Å². The highest BCUT2D eigenvalue weighted by molar-refractivity contribution is 5.77. The number of H-pyrrole nitrogens is 1. The van der Waals surface area contributed by atoms with E-state index >= 15 is 0 Å². The number of rotatable bonds is 5. The summed E-state index contributed by atoms with van der Waals surface area (Å²) in [5, 5.41) is 0. The first-order valence-electron chi connectivity index (χ1n) is 8.30. The molecule has 3 aromatic rings. The molecular formula is C18H20N4O. The van der Waals surface area contributed by atoms with Crippen molar-refractivity contribution in [2.45, 2.75) is 39.0 Å². The van der Waals surface area contributed by atoms with Crippen molar-refractivity contribution in [3.8, 4) is 17.1 Å². The number of hydrogen-bond donors (Lipinski definition) is 1. The Labute approximate surface area is 135 Å². The van der Waals surface area contributed by atoms with E-state index in [0.717, 1.165) is 60.6 Å². The summed E-state index contributed by atoms with van der Waals surface area (Å²) in [6.45, 7) is 2.94. The zero-order valence-corrected chi connectivity index (χ0v) is 13.3. The van der Waals surface area contributed by atoms with Gasteiger partial charge in [-0.1, -0.05) is 13.3 Å². The molecule has 5 nitrogen and oxygen atoms in total. The second kappa shape index (κ2) is 5.99. The Morgan fingerprint density at radius 1 is 1.26 bits per heavy atom. The Balaban J connectivity index is 1.76. The van der Waals surface area contributed by atoms with E-state index in [1.807, 2.05) is 0 Å².